The zero-order valence-electron chi connectivity index (χ0n) is 10.2. The second-order valence-electron chi connectivity index (χ2n) is 5.39. The molecule has 2 fully saturated rings. The number of carbonyl (C=O) groups excluding carboxylic acids is 2. The predicted molar refractivity (Wildman–Crippen MR) is 60.7 cm³/mol. The van der Waals surface area contributed by atoms with Crippen LogP contribution in [0.25, 0.3) is 0 Å². The van der Waals surface area contributed by atoms with E-state index >= 15 is 0 Å². The van der Waals surface area contributed by atoms with Gasteiger partial charge in [-0.05, 0) is 39.0 Å². The summed E-state index contributed by atoms with van der Waals surface area (Å²) in [6, 6.07) is -0.320. The molecule has 0 aromatic heterocycles. The number of amides is 2. The lowest BCUT2D eigenvalue weighted by atomic mass is 9.94. The van der Waals surface area contributed by atoms with Crippen molar-refractivity contribution in [2.75, 3.05) is 6.54 Å². The molecule has 1 heterocycles. The monoisotopic (exact) mass is 224 g/mol. The molecule has 0 bridgehead atoms. The first kappa shape index (κ1) is 11.4. The highest BCUT2D eigenvalue weighted by molar-refractivity contribution is 5.99. The predicted octanol–water partition coefficient (Wildman–Crippen LogP) is 0.912. The van der Waals surface area contributed by atoms with Gasteiger partial charge in [-0.2, -0.15) is 0 Å². The lowest BCUT2D eigenvalue weighted by molar-refractivity contribution is -0.155. The number of nitrogens with one attached hydrogen (secondary N) is 1. The molecule has 0 aromatic carbocycles. The van der Waals surface area contributed by atoms with Crippen LogP contribution in [-0.4, -0.2) is 34.8 Å². The number of rotatable bonds is 3. The van der Waals surface area contributed by atoms with E-state index in [4.69, 9.17) is 0 Å². The van der Waals surface area contributed by atoms with Crippen LogP contribution < -0.4 is 5.32 Å². The summed E-state index contributed by atoms with van der Waals surface area (Å²) in [5.74, 6) is 0.672. The summed E-state index contributed by atoms with van der Waals surface area (Å²) in [5.41, 5.74) is -0.689. The van der Waals surface area contributed by atoms with Crippen LogP contribution in [0.1, 0.15) is 40.0 Å². The van der Waals surface area contributed by atoms with E-state index in [1.54, 1.807) is 4.90 Å². The molecule has 90 valence electrons. The molecule has 4 heteroatoms. The van der Waals surface area contributed by atoms with Gasteiger partial charge in [0.15, 0.2) is 0 Å². The van der Waals surface area contributed by atoms with E-state index in [0.29, 0.717) is 12.3 Å². The summed E-state index contributed by atoms with van der Waals surface area (Å²) in [5, 5.41) is 2.80. The van der Waals surface area contributed by atoms with Crippen LogP contribution in [0.3, 0.4) is 0 Å². The van der Waals surface area contributed by atoms with Crippen molar-refractivity contribution in [3.05, 3.63) is 0 Å². The lowest BCUT2D eigenvalue weighted by Crippen LogP contribution is -2.68. The molecule has 1 atom stereocenters. The fourth-order valence-corrected chi connectivity index (χ4v) is 2.14. The summed E-state index contributed by atoms with van der Waals surface area (Å²) in [6.07, 6.45) is 3.05. The zero-order valence-corrected chi connectivity index (χ0v) is 10.2. The van der Waals surface area contributed by atoms with Gasteiger partial charge in [0.2, 0.25) is 11.8 Å². The van der Waals surface area contributed by atoms with E-state index in [-0.39, 0.29) is 17.9 Å². The Morgan fingerprint density at radius 2 is 2.00 bits per heavy atom. The number of hydrogen-bond donors (Lipinski definition) is 1. The number of carbonyl (C=O) groups is 2. The Morgan fingerprint density at radius 3 is 2.50 bits per heavy atom. The molecular formula is C12H20N2O2. The van der Waals surface area contributed by atoms with Crippen LogP contribution in [-0.2, 0) is 9.59 Å². The second kappa shape index (κ2) is 3.75. The van der Waals surface area contributed by atoms with Crippen molar-refractivity contribution < 1.29 is 9.59 Å². The van der Waals surface area contributed by atoms with Crippen LogP contribution in [0.15, 0.2) is 0 Å². The highest BCUT2D eigenvalue weighted by Crippen LogP contribution is 2.33. The van der Waals surface area contributed by atoms with Gasteiger partial charge in [-0.1, -0.05) is 6.92 Å². The average Bonchev–Trinajstić information content (AvgIpc) is 3.02. The first-order chi connectivity index (χ1) is 7.46. The molecule has 1 N–H and O–H groups in total. The topological polar surface area (TPSA) is 49.4 Å². The molecule has 1 saturated heterocycles. The van der Waals surface area contributed by atoms with Crippen molar-refractivity contribution in [2.24, 2.45) is 5.92 Å². The summed E-state index contributed by atoms with van der Waals surface area (Å²) in [7, 11) is 0. The normalized spacial score (nSPS) is 29.2. The van der Waals surface area contributed by atoms with Gasteiger partial charge in [0.05, 0.1) is 0 Å². The van der Waals surface area contributed by atoms with E-state index in [1.165, 1.54) is 12.8 Å². The number of piperazine rings is 1. The van der Waals surface area contributed by atoms with Crippen molar-refractivity contribution >= 4 is 11.8 Å². The molecule has 2 rings (SSSR count). The summed E-state index contributed by atoms with van der Waals surface area (Å²) in [4.78, 5) is 25.9. The first-order valence-electron chi connectivity index (χ1n) is 6.09. The molecule has 0 radical (unpaired) electrons. The molecule has 0 aromatic rings. The Morgan fingerprint density at radius 1 is 1.38 bits per heavy atom. The highest BCUT2D eigenvalue weighted by Gasteiger charge is 2.47. The van der Waals surface area contributed by atoms with Crippen molar-refractivity contribution in [1.29, 1.82) is 0 Å². The molecule has 2 aliphatic rings. The maximum Gasteiger partial charge on any atom is 0.246 e. The minimum absolute atomic E-state index is 0.0281. The van der Waals surface area contributed by atoms with Gasteiger partial charge in [0.1, 0.15) is 11.6 Å². The second-order valence-corrected chi connectivity index (χ2v) is 5.39. The molecule has 16 heavy (non-hydrogen) atoms. The zero-order chi connectivity index (χ0) is 11.9. The molecule has 1 aliphatic heterocycles. The average molecular weight is 224 g/mol. The first-order valence-corrected chi connectivity index (χ1v) is 6.09. The Bertz CT molecular complexity index is 321. The van der Waals surface area contributed by atoms with E-state index in [9.17, 15) is 9.59 Å². The maximum atomic E-state index is 12.2. The van der Waals surface area contributed by atoms with Gasteiger partial charge >= 0.3 is 0 Å². The lowest BCUT2D eigenvalue weighted by Gasteiger charge is -2.44. The van der Waals surface area contributed by atoms with E-state index < -0.39 is 5.54 Å². The largest absolute Gasteiger partial charge is 0.342 e. The van der Waals surface area contributed by atoms with Gasteiger partial charge in [-0.15, -0.1) is 0 Å². The van der Waals surface area contributed by atoms with Crippen molar-refractivity contribution in [3.8, 4) is 0 Å². The summed E-state index contributed by atoms with van der Waals surface area (Å²) >= 11 is 0. The van der Waals surface area contributed by atoms with Gasteiger partial charge in [-0.3, -0.25) is 9.59 Å². The Hall–Kier alpha value is -1.06. The van der Waals surface area contributed by atoms with E-state index in [1.807, 2.05) is 20.8 Å². The molecule has 2 amide bonds. The van der Waals surface area contributed by atoms with Crippen molar-refractivity contribution in [2.45, 2.75) is 51.6 Å². The SMILES string of the molecule is CCC1NC(=O)C(C)(C)N(CC2CC2)C1=O. The third kappa shape index (κ3) is 1.81. The van der Waals surface area contributed by atoms with Gasteiger partial charge in [0, 0.05) is 6.54 Å². The summed E-state index contributed by atoms with van der Waals surface area (Å²) < 4.78 is 0. The number of nitrogens with zero attached hydrogens (tertiary/aromatic N) is 1. The summed E-state index contributed by atoms with van der Waals surface area (Å²) in [6.45, 7) is 6.33. The molecule has 4 nitrogen and oxygen atoms in total. The quantitative estimate of drug-likeness (QED) is 0.774. The fourth-order valence-electron chi connectivity index (χ4n) is 2.14. The van der Waals surface area contributed by atoms with E-state index in [0.717, 1.165) is 6.54 Å². The van der Waals surface area contributed by atoms with Gasteiger partial charge in [-0.25, -0.2) is 0 Å². The minimum Gasteiger partial charge on any atom is -0.342 e. The third-order valence-electron chi connectivity index (χ3n) is 3.65. The van der Waals surface area contributed by atoms with Crippen LogP contribution in [0.2, 0.25) is 0 Å². The van der Waals surface area contributed by atoms with Gasteiger partial charge in [0.25, 0.3) is 0 Å². The van der Waals surface area contributed by atoms with Crippen LogP contribution in [0.4, 0.5) is 0 Å². The maximum absolute atomic E-state index is 12.2. The Kier molecular flexibility index (Phi) is 2.68. The van der Waals surface area contributed by atoms with Crippen molar-refractivity contribution in [3.63, 3.8) is 0 Å². The minimum atomic E-state index is -0.689. The van der Waals surface area contributed by atoms with Gasteiger partial charge < -0.3 is 10.2 Å². The molecule has 0 spiro atoms. The highest BCUT2D eigenvalue weighted by atomic mass is 16.2. The van der Waals surface area contributed by atoms with Crippen molar-refractivity contribution in [1.82, 2.24) is 10.2 Å². The molecule has 1 aliphatic carbocycles. The Labute approximate surface area is 96.4 Å². The smallest absolute Gasteiger partial charge is 0.246 e. The number of hydrogen-bond acceptors (Lipinski definition) is 2. The molecule has 1 saturated carbocycles. The van der Waals surface area contributed by atoms with Crippen LogP contribution >= 0.6 is 0 Å². The van der Waals surface area contributed by atoms with E-state index in [2.05, 4.69) is 5.32 Å². The fraction of sp³-hybridized carbons (Fsp3) is 0.833. The van der Waals surface area contributed by atoms with Crippen LogP contribution in [0.5, 0.6) is 0 Å². The molecule has 1 unspecified atom stereocenters. The van der Waals surface area contributed by atoms with Crippen LogP contribution in [0, 0.1) is 5.92 Å². The Balaban J connectivity index is 2.19. The third-order valence-corrected chi connectivity index (χ3v) is 3.65. The standard InChI is InChI=1S/C12H20N2O2/c1-4-9-10(15)14(7-8-5-6-8)12(2,3)11(16)13-9/h8-9H,4-7H2,1-3H3,(H,13,16). The molecular weight excluding hydrogens is 204 g/mol.